The van der Waals surface area contributed by atoms with Crippen molar-refractivity contribution in [3.8, 4) is 0 Å². The van der Waals surface area contributed by atoms with Crippen molar-refractivity contribution in [1.82, 2.24) is 15.1 Å². The van der Waals surface area contributed by atoms with Gasteiger partial charge in [-0.1, -0.05) is 41.9 Å². The van der Waals surface area contributed by atoms with Crippen LogP contribution in [0.3, 0.4) is 0 Å². The van der Waals surface area contributed by atoms with E-state index in [2.05, 4.69) is 5.10 Å². The second-order valence-corrected chi connectivity index (χ2v) is 5.64. The van der Waals surface area contributed by atoms with E-state index in [0.717, 1.165) is 11.6 Å². The molecule has 26 heavy (non-hydrogen) atoms. The van der Waals surface area contributed by atoms with Gasteiger partial charge in [-0.15, -0.1) is 0 Å². The summed E-state index contributed by atoms with van der Waals surface area (Å²) in [5, 5.41) is 6.51. The van der Waals surface area contributed by atoms with Crippen molar-refractivity contribution >= 4 is 35.6 Å². The molecule has 0 bridgehead atoms. The van der Waals surface area contributed by atoms with Gasteiger partial charge in [-0.25, -0.2) is 14.3 Å². The fourth-order valence-electron chi connectivity index (χ4n) is 2.13. The van der Waals surface area contributed by atoms with E-state index < -0.39 is 24.5 Å². The van der Waals surface area contributed by atoms with Crippen LogP contribution in [0.25, 0.3) is 6.08 Å². The Morgan fingerprint density at radius 3 is 2.65 bits per heavy atom. The highest BCUT2D eigenvalue weighted by Crippen LogP contribution is 2.22. The van der Waals surface area contributed by atoms with E-state index in [-0.39, 0.29) is 0 Å². The number of nitrogens with one attached hydrogen (secondary N) is 1. The number of aryl methyl sites for hydroxylation is 1. The summed E-state index contributed by atoms with van der Waals surface area (Å²) in [6.07, 6.45) is 2.58. The maximum Gasteiger partial charge on any atom is 0.331 e. The fraction of sp³-hybridized carbons (Fsp3) is 0.176. The van der Waals surface area contributed by atoms with Crippen LogP contribution in [0.2, 0.25) is 5.15 Å². The maximum absolute atomic E-state index is 11.7. The first-order chi connectivity index (χ1) is 12.4. The van der Waals surface area contributed by atoms with Gasteiger partial charge in [-0.3, -0.25) is 10.1 Å². The van der Waals surface area contributed by atoms with Crippen molar-refractivity contribution in [3.05, 3.63) is 58.4 Å². The average molecular weight is 377 g/mol. The molecule has 0 radical (unpaired) electrons. The standard InChI is InChI=1S/C17H17ClN4O4/c1-11-13(7-8-15(24)26-10-14(23)20-17(19)25)16(18)22(21-11)9-12-5-3-2-4-6-12/h2-8H,9-10H2,1H3,(H3,19,20,23,25)/b8-7+. The molecule has 0 fully saturated rings. The Labute approximate surface area is 154 Å². The Morgan fingerprint density at radius 2 is 2.00 bits per heavy atom. The largest absolute Gasteiger partial charge is 0.452 e. The molecule has 0 spiro atoms. The second kappa shape index (κ2) is 8.82. The number of nitrogens with two attached hydrogens (primary N) is 1. The monoisotopic (exact) mass is 376 g/mol. The van der Waals surface area contributed by atoms with Crippen LogP contribution in [-0.4, -0.2) is 34.3 Å². The Kier molecular flexibility index (Phi) is 6.51. The number of imide groups is 1. The number of aromatic nitrogens is 2. The van der Waals surface area contributed by atoms with Gasteiger partial charge in [-0.2, -0.15) is 5.10 Å². The number of carbonyl (C=O) groups excluding carboxylic acids is 3. The Morgan fingerprint density at radius 1 is 1.31 bits per heavy atom. The Balaban J connectivity index is 2.00. The smallest absolute Gasteiger partial charge is 0.331 e. The third-order valence-electron chi connectivity index (χ3n) is 3.28. The molecule has 1 aromatic carbocycles. The molecule has 0 unspecified atom stereocenters. The van der Waals surface area contributed by atoms with E-state index in [1.54, 1.807) is 16.9 Å². The van der Waals surface area contributed by atoms with Gasteiger partial charge in [0.25, 0.3) is 5.91 Å². The molecule has 0 atom stereocenters. The highest BCUT2D eigenvalue weighted by atomic mass is 35.5. The zero-order chi connectivity index (χ0) is 19.1. The van der Waals surface area contributed by atoms with Gasteiger partial charge in [0.2, 0.25) is 0 Å². The van der Waals surface area contributed by atoms with Crippen LogP contribution in [0.5, 0.6) is 0 Å². The molecule has 1 aromatic heterocycles. The molecule has 136 valence electrons. The molecule has 2 aromatic rings. The maximum atomic E-state index is 11.7. The van der Waals surface area contributed by atoms with E-state index in [0.29, 0.717) is 23.0 Å². The van der Waals surface area contributed by atoms with Crippen LogP contribution in [0, 0.1) is 6.92 Å². The number of esters is 1. The van der Waals surface area contributed by atoms with Gasteiger partial charge in [0.05, 0.1) is 12.2 Å². The number of rotatable bonds is 6. The van der Waals surface area contributed by atoms with E-state index >= 15 is 0 Å². The summed E-state index contributed by atoms with van der Waals surface area (Å²) in [7, 11) is 0. The number of amides is 3. The van der Waals surface area contributed by atoms with Crippen LogP contribution in [-0.2, 0) is 20.9 Å². The lowest BCUT2D eigenvalue weighted by Crippen LogP contribution is -2.37. The molecule has 0 saturated carbocycles. The summed E-state index contributed by atoms with van der Waals surface area (Å²) in [5.74, 6) is -1.58. The molecule has 0 aliphatic rings. The fourth-order valence-corrected chi connectivity index (χ4v) is 2.42. The molecule has 2 rings (SSSR count). The Bertz CT molecular complexity index is 846. The number of hydrogen-bond acceptors (Lipinski definition) is 5. The number of benzene rings is 1. The van der Waals surface area contributed by atoms with Gasteiger partial charge < -0.3 is 10.5 Å². The molecule has 0 aliphatic carbocycles. The van der Waals surface area contributed by atoms with Crippen molar-refractivity contribution in [2.24, 2.45) is 5.73 Å². The minimum Gasteiger partial charge on any atom is -0.452 e. The summed E-state index contributed by atoms with van der Waals surface area (Å²) in [6, 6.07) is 8.66. The van der Waals surface area contributed by atoms with Crippen LogP contribution in [0.1, 0.15) is 16.8 Å². The molecule has 0 saturated heterocycles. The van der Waals surface area contributed by atoms with E-state index in [4.69, 9.17) is 22.1 Å². The third kappa shape index (κ3) is 5.45. The number of ether oxygens (including phenoxy) is 1. The lowest BCUT2D eigenvalue weighted by molar-refractivity contribution is -0.143. The van der Waals surface area contributed by atoms with Gasteiger partial charge in [0.15, 0.2) is 6.61 Å². The van der Waals surface area contributed by atoms with Gasteiger partial charge in [0.1, 0.15) is 5.15 Å². The third-order valence-corrected chi connectivity index (χ3v) is 3.68. The Hall–Kier alpha value is -3.13. The number of primary amides is 1. The number of hydrogen-bond donors (Lipinski definition) is 2. The zero-order valence-electron chi connectivity index (χ0n) is 13.9. The first-order valence-electron chi connectivity index (χ1n) is 7.57. The lowest BCUT2D eigenvalue weighted by atomic mass is 10.2. The van der Waals surface area contributed by atoms with Crippen LogP contribution in [0.4, 0.5) is 4.79 Å². The molecule has 3 amide bonds. The average Bonchev–Trinajstić information content (AvgIpc) is 2.85. The first kappa shape index (κ1) is 19.2. The number of nitrogens with zero attached hydrogens (tertiary/aromatic N) is 2. The van der Waals surface area contributed by atoms with Crippen LogP contribution < -0.4 is 11.1 Å². The SMILES string of the molecule is Cc1nn(Cc2ccccc2)c(Cl)c1/C=C/C(=O)OCC(=O)NC(N)=O. The second-order valence-electron chi connectivity index (χ2n) is 5.29. The van der Waals surface area contributed by atoms with Crippen molar-refractivity contribution in [3.63, 3.8) is 0 Å². The highest BCUT2D eigenvalue weighted by Gasteiger charge is 2.12. The predicted molar refractivity (Wildman–Crippen MR) is 95.2 cm³/mol. The molecule has 8 nitrogen and oxygen atoms in total. The van der Waals surface area contributed by atoms with Crippen LogP contribution in [0.15, 0.2) is 36.4 Å². The van der Waals surface area contributed by atoms with E-state index in [1.807, 2.05) is 30.3 Å². The summed E-state index contributed by atoms with van der Waals surface area (Å²) in [6.45, 7) is 1.64. The van der Waals surface area contributed by atoms with Gasteiger partial charge in [0, 0.05) is 11.6 Å². The number of halogens is 1. The number of carbonyl (C=O) groups is 3. The summed E-state index contributed by atoms with van der Waals surface area (Å²) >= 11 is 6.33. The summed E-state index contributed by atoms with van der Waals surface area (Å²) in [4.78, 5) is 33.3. The van der Waals surface area contributed by atoms with E-state index in [9.17, 15) is 14.4 Å². The highest BCUT2D eigenvalue weighted by molar-refractivity contribution is 6.31. The summed E-state index contributed by atoms with van der Waals surface area (Å²) in [5.41, 5.74) is 7.02. The minimum atomic E-state index is -1.02. The molecule has 3 N–H and O–H groups in total. The van der Waals surface area contributed by atoms with Gasteiger partial charge >= 0.3 is 12.0 Å². The van der Waals surface area contributed by atoms with Crippen molar-refractivity contribution in [2.45, 2.75) is 13.5 Å². The van der Waals surface area contributed by atoms with Gasteiger partial charge in [-0.05, 0) is 18.6 Å². The quantitative estimate of drug-likeness (QED) is 0.587. The minimum absolute atomic E-state index is 0.377. The molecule has 1 heterocycles. The molecular formula is C17H17ClN4O4. The molecule has 9 heteroatoms. The predicted octanol–water partition coefficient (Wildman–Crippen LogP) is 1.64. The molecule has 0 aliphatic heterocycles. The summed E-state index contributed by atoms with van der Waals surface area (Å²) < 4.78 is 6.32. The van der Waals surface area contributed by atoms with Crippen LogP contribution >= 0.6 is 11.6 Å². The normalized spacial score (nSPS) is 10.7. The van der Waals surface area contributed by atoms with E-state index in [1.165, 1.54) is 6.08 Å². The lowest BCUT2D eigenvalue weighted by Gasteiger charge is -2.03. The van der Waals surface area contributed by atoms with Crippen molar-refractivity contribution < 1.29 is 19.1 Å². The van der Waals surface area contributed by atoms with Crippen molar-refractivity contribution in [1.29, 1.82) is 0 Å². The number of urea groups is 1. The topological polar surface area (TPSA) is 116 Å². The zero-order valence-corrected chi connectivity index (χ0v) is 14.7. The molecular weight excluding hydrogens is 360 g/mol. The first-order valence-corrected chi connectivity index (χ1v) is 7.95. The van der Waals surface area contributed by atoms with Crippen molar-refractivity contribution in [2.75, 3.05) is 6.61 Å².